The Bertz CT molecular complexity index is 1720. The van der Waals surface area contributed by atoms with Gasteiger partial charge in [0.1, 0.15) is 12.6 Å². The van der Waals surface area contributed by atoms with E-state index in [0.29, 0.717) is 18.5 Å². The van der Waals surface area contributed by atoms with E-state index in [0.717, 1.165) is 41.7 Å². The molecular weight excluding hydrogens is 542 g/mol. The molecule has 2 amide bonds. The number of para-hydroxylation sites is 1. The number of nitrogens with zero attached hydrogens (tertiary/aromatic N) is 3. The van der Waals surface area contributed by atoms with Gasteiger partial charge in [0.25, 0.3) is 0 Å². The second kappa shape index (κ2) is 9.29. The number of hydrogen-bond donors (Lipinski definition) is 1. The monoisotopic (exact) mass is 570 g/mol. The van der Waals surface area contributed by atoms with Crippen LogP contribution < -0.4 is 9.47 Å². The van der Waals surface area contributed by atoms with Gasteiger partial charge in [-0.05, 0) is 41.3 Å². The molecule has 0 unspecified atom stereocenters. The van der Waals surface area contributed by atoms with Gasteiger partial charge in [0.2, 0.25) is 11.8 Å². The van der Waals surface area contributed by atoms with E-state index >= 15 is 0 Å². The van der Waals surface area contributed by atoms with Crippen molar-refractivity contribution in [2.45, 2.75) is 43.8 Å². The number of aromatic amines is 1. The highest BCUT2D eigenvalue weighted by Gasteiger charge is 2.51. The molecule has 4 aromatic rings. The molecule has 4 aliphatic rings. The number of carbonyl (C=O) groups is 2. The number of benzene rings is 3. The number of H-pyrrole nitrogens is 1. The lowest BCUT2D eigenvalue weighted by molar-refractivity contribution is -0.286. The predicted octanol–water partition coefficient (Wildman–Crippen LogP) is 4.45. The van der Waals surface area contributed by atoms with Crippen molar-refractivity contribution in [2.75, 3.05) is 19.6 Å². The molecule has 0 saturated carbocycles. The molecule has 0 bridgehead atoms. The SMILES string of the molecule is O=C1[C@H]2Cc3c([nH]c4ccccc34)[C@@H](c3ccc4c(c3)OC(F)(F)O4)N2C(=O)CN1[C@@H]1CCN(Cc2ccccc2)C1. The van der Waals surface area contributed by atoms with Gasteiger partial charge >= 0.3 is 6.29 Å². The average molecular weight is 571 g/mol. The number of ether oxygens (including phenoxy) is 2. The first kappa shape index (κ1) is 25.3. The number of alkyl halides is 2. The van der Waals surface area contributed by atoms with Crippen LogP contribution in [0.3, 0.4) is 0 Å². The molecule has 10 heteroatoms. The van der Waals surface area contributed by atoms with Gasteiger partial charge in [-0.1, -0.05) is 54.6 Å². The largest absolute Gasteiger partial charge is 0.586 e. The number of likely N-dealkylation sites (tertiary alicyclic amines) is 1. The highest BCUT2D eigenvalue weighted by Crippen LogP contribution is 2.47. The molecule has 0 aliphatic carbocycles. The Morgan fingerprint density at radius 2 is 1.74 bits per heavy atom. The number of amides is 2. The lowest BCUT2D eigenvalue weighted by atomic mass is 9.85. The summed E-state index contributed by atoms with van der Waals surface area (Å²) in [7, 11) is 0. The smallest absolute Gasteiger partial charge is 0.395 e. The molecule has 0 radical (unpaired) electrons. The third-order valence-corrected chi connectivity index (χ3v) is 8.97. The van der Waals surface area contributed by atoms with E-state index in [1.807, 2.05) is 42.5 Å². The van der Waals surface area contributed by atoms with Crippen LogP contribution in [0.1, 0.15) is 34.8 Å². The van der Waals surface area contributed by atoms with Crippen LogP contribution in [0.4, 0.5) is 8.78 Å². The molecule has 1 N–H and O–H groups in total. The zero-order valence-electron chi connectivity index (χ0n) is 22.6. The van der Waals surface area contributed by atoms with Crippen LogP contribution in [-0.4, -0.2) is 69.5 Å². The zero-order valence-corrected chi connectivity index (χ0v) is 22.6. The summed E-state index contributed by atoms with van der Waals surface area (Å²) >= 11 is 0. The lowest BCUT2D eigenvalue weighted by Crippen LogP contribution is -2.65. The molecule has 214 valence electrons. The fourth-order valence-corrected chi connectivity index (χ4v) is 7.13. The molecule has 3 aromatic carbocycles. The normalized spacial score (nSPS) is 24.8. The van der Waals surface area contributed by atoms with Crippen LogP contribution in [-0.2, 0) is 22.6 Å². The second-order valence-electron chi connectivity index (χ2n) is 11.5. The van der Waals surface area contributed by atoms with E-state index < -0.39 is 18.4 Å². The van der Waals surface area contributed by atoms with Crippen molar-refractivity contribution in [3.8, 4) is 11.5 Å². The highest BCUT2D eigenvalue weighted by molar-refractivity contribution is 5.98. The Hall–Kier alpha value is -4.44. The number of carbonyl (C=O) groups excluding carboxylic acids is 2. The highest BCUT2D eigenvalue weighted by atomic mass is 19.3. The third kappa shape index (κ3) is 4.04. The molecule has 0 spiro atoms. The van der Waals surface area contributed by atoms with Gasteiger partial charge in [0, 0.05) is 48.7 Å². The summed E-state index contributed by atoms with van der Waals surface area (Å²) in [5, 5.41) is 0.983. The first-order chi connectivity index (χ1) is 20.3. The number of fused-ring (bicyclic) bond motifs is 5. The van der Waals surface area contributed by atoms with Crippen LogP contribution in [0.2, 0.25) is 0 Å². The maximum atomic E-state index is 14.2. The minimum atomic E-state index is -3.75. The summed E-state index contributed by atoms with van der Waals surface area (Å²) in [5.74, 6) is -0.409. The van der Waals surface area contributed by atoms with E-state index in [-0.39, 0.29) is 35.9 Å². The average Bonchev–Trinajstić information content (AvgIpc) is 3.68. The molecule has 3 atom stereocenters. The Kier molecular flexibility index (Phi) is 5.59. The molecule has 2 saturated heterocycles. The number of hydrogen-bond acceptors (Lipinski definition) is 5. The summed E-state index contributed by atoms with van der Waals surface area (Å²) < 4.78 is 37.0. The number of rotatable bonds is 4. The minimum absolute atomic E-state index is 0.0200. The summed E-state index contributed by atoms with van der Waals surface area (Å²) in [6, 6.07) is 21.2. The Morgan fingerprint density at radius 1 is 0.952 bits per heavy atom. The van der Waals surface area contributed by atoms with Gasteiger partial charge in [-0.25, -0.2) is 0 Å². The lowest BCUT2D eigenvalue weighted by Gasteiger charge is -2.48. The molecular formula is C32H28F2N4O4. The van der Waals surface area contributed by atoms with Gasteiger partial charge in [-0.15, -0.1) is 8.78 Å². The Morgan fingerprint density at radius 3 is 2.60 bits per heavy atom. The van der Waals surface area contributed by atoms with Crippen LogP contribution in [0, 0.1) is 0 Å². The fraction of sp³-hybridized carbons (Fsp3) is 0.312. The quantitative estimate of drug-likeness (QED) is 0.393. The van der Waals surface area contributed by atoms with Gasteiger partial charge in [-0.2, -0.15) is 0 Å². The van der Waals surface area contributed by atoms with Crippen molar-refractivity contribution in [1.82, 2.24) is 19.7 Å². The molecule has 8 rings (SSSR count). The molecule has 42 heavy (non-hydrogen) atoms. The van der Waals surface area contributed by atoms with E-state index in [1.165, 1.54) is 17.7 Å². The fourth-order valence-electron chi connectivity index (χ4n) is 7.13. The summed E-state index contributed by atoms with van der Waals surface area (Å²) in [6.07, 6.45) is -2.58. The standard InChI is InChI=1S/C32H28F2N4O4/c33-32(34)41-26-11-10-20(14-27(26)42-32)30-29-23(22-8-4-5-9-24(22)35-29)15-25-31(40)37(18-28(39)38(25)30)21-12-13-36(17-21)16-19-6-2-1-3-7-19/h1-11,14,21,25,30,35H,12-13,15-18H2/t21-,25-,30-/m1/s1. The number of halogens is 2. The minimum Gasteiger partial charge on any atom is -0.395 e. The molecule has 5 heterocycles. The van der Waals surface area contributed by atoms with Crippen LogP contribution in [0.25, 0.3) is 10.9 Å². The van der Waals surface area contributed by atoms with Crippen molar-refractivity contribution in [1.29, 1.82) is 0 Å². The Labute approximate surface area is 240 Å². The first-order valence-electron chi connectivity index (χ1n) is 14.2. The predicted molar refractivity (Wildman–Crippen MR) is 149 cm³/mol. The molecule has 8 nitrogen and oxygen atoms in total. The summed E-state index contributed by atoms with van der Waals surface area (Å²) in [5.41, 5.74) is 4.41. The van der Waals surface area contributed by atoms with Crippen molar-refractivity contribution in [3.05, 3.63) is 95.2 Å². The van der Waals surface area contributed by atoms with Crippen LogP contribution in [0.15, 0.2) is 72.8 Å². The van der Waals surface area contributed by atoms with E-state index in [4.69, 9.17) is 4.74 Å². The third-order valence-electron chi connectivity index (χ3n) is 8.97. The second-order valence-corrected chi connectivity index (χ2v) is 11.5. The van der Waals surface area contributed by atoms with Crippen molar-refractivity contribution in [2.24, 2.45) is 0 Å². The maximum Gasteiger partial charge on any atom is 0.586 e. The van der Waals surface area contributed by atoms with Gasteiger partial charge in [-0.3, -0.25) is 14.5 Å². The molecule has 2 fully saturated rings. The molecule has 1 aromatic heterocycles. The zero-order chi connectivity index (χ0) is 28.6. The number of piperazine rings is 1. The number of aromatic nitrogens is 1. The maximum absolute atomic E-state index is 14.2. The van der Waals surface area contributed by atoms with E-state index in [2.05, 4.69) is 26.8 Å². The molecule has 4 aliphatic heterocycles. The Balaban J connectivity index is 1.14. The summed E-state index contributed by atoms with van der Waals surface area (Å²) in [6.45, 7) is 2.34. The van der Waals surface area contributed by atoms with Crippen molar-refractivity contribution < 1.29 is 27.8 Å². The van der Waals surface area contributed by atoms with Gasteiger partial charge < -0.3 is 24.3 Å². The van der Waals surface area contributed by atoms with Crippen LogP contribution in [0.5, 0.6) is 11.5 Å². The van der Waals surface area contributed by atoms with E-state index in [9.17, 15) is 18.4 Å². The topological polar surface area (TPSA) is 78.1 Å². The van der Waals surface area contributed by atoms with Gasteiger partial charge in [0.15, 0.2) is 11.5 Å². The van der Waals surface area contributed by atoms with Crippen molar-refractivity contribution >= 4 is 22.7 Å². The van der Waals surface area contributed by atoms with Crippen molar-refractivity contribution in [3.63, 3.8) is 0 Å². The van der Waals surface area contributed by atoms with E-state index in [1.54, 1.807) is 15.9 Å². The first-order valence-corrected chi connectivity index (χ1v) is 14.2. The summed E-state index contributed by atoms with van der Waals surface area (Å²) in [4.78, 5) is 37.4. The van der Waals surface area contributed by atoms with Gasteiger partial charge in [0.05, 0.1) is 6.04 Å². The van der Waals surface area contributed by atoms with Crippen LogP contribution >= 0.6 is 0 Å². The number of nitrogens with one attached hydrogen (secondary N) is 1.